The van der Waals surface area contributed by atoms with Crippen molar-refractivity contribution in [1.82, 2.24) is 5.32 Å². The summed E-state index contributed by atoms with van der Waals surface area (Å²) in [5, 5.41) is 5.59. The number of anilines is 1. The van der Waals surface area contributed by atoms with Gasteiger partial charge in [0.15, 0.2) is 0 Å². The van der Waals surface area contributed by atoms with Crippen molar-refractivity contribution in [3.05, 3.63) is 100 Å². The van der Waals surface area contributed by atoms with Crippen molar-refractivity contribution in [1.29, 1.82) is 0 Å². The molecule has 7 nitrogen and oxygen atoms in total. The fourth-order valence-corrected chi connectivity index (χ4v) is 3.22. The molecule has 2 amide bonds. The highest BCUT2D eigenvalue weighted by atomic mass is 35.5. The highest BCUT2D eigenvalue weighted by molar-refractivity contribution is 6.34. The van der Waals surface area contributed by atoms with Crippen molar-refractivity contribution >= 4 is 41.1 Å². The lowest BCUT2D eigenvalue weighted by molar-refractivity contribution is -0.113. The molecular formula is C26H23ClN2O5. The zero-order valence-corrected chi connectivity index (χ0v) is 19.4. The first-order valence-corrected chi connectivity index (χ1v) is 10.8. The van der Waals surface area contributed by atoms with Crippen LogP contribution in [-0.2, 0) is 9.53 Å². The topological polar surface area (TPSA) is 93.7 Å². The van der Waals surface area contributed by atoms with Crippen LogP contribution in [0.2, 0.25) is 5.02 Å². The van der Waals surface area contributed by atoms with Crippen LogP contribution in [0.25, 0.3) is 6.08 Å². The van der Waals surface area contributed by atoms with Crippen LogP contribution in [0.4, 0.5) is 5.69 Å². The summed E-state index contributed by atoms with van der Waals surface area (Å²) in [6, 6.07) is 19.8. The van der Waals surface area contributed by atoms with Gasteiger partial charge in [-0.3, -0.25) is 9.59 Å². The van der Waals surface area contributed by atoms with Gasteiger partial charge in [0.05, 0.1) is 29.9 Å². The molecule has 0 aliphatic rings. The second kappa shape index (κ2) is 11.7. The second-order valence-corrected chi connectivity index (χ2v) is 7.43. The lowest BCUT2D eigenvalue weighted by atomic mass is 10.1. The molecule has 3 aromatic carbocycles. The van der Waals surface area contributed by atoms with Gasteiger partial charge >= 0.3 is 5.97 Å². The van der Waals surface area contributed by atoms with Crippen LogP contribution in [0, 0.1) is 0 Å². The summed E-state index contributed by atoms with van der Waals surface area (Å²) in [5.41, 5.74) is 1.52. The number of carbonyl (C=O) groups excluding carboxylic acids is 3. The molecule has 2 N–H and O–H groups in total. The van der Waals surface area contributed by atoms with Crippen LogP contribution >= 0.6 is 11.6 Å². The molecule has 0 atom stereocenters. The standard InChI is InChI=1S/C26H23ClN2O5/c1-3-34-26(32)18-7-6-8-19(16-18)28-25(31)23(15-17-11-13-20(33-2)14-12-17)29-24(30)21-9-4-5-10-22(21)27/h4-16H,3H2,1-2H3,(H,28,31)(H,29,30)/b23-15+. The molecule has 3 aromatic rings. The first-order chi connectivity index (χ1) is 16.4. The third-order valence-corrected chi connectivity index (χ3v) is 5.00. The van der Waals surface area contributed by atoms with Gasteiger partial charge in [0.2, 0.25) is 0 Å². The van der Waals surface area contributed by atoms with E-state index >= 15 is 0 Å². The van der Waals surface area contributed by atoms with Gasteiger partial charge in [-0.05, 0) is 61.0 Å². The zero-order valence-electron chi connectivity index (χ0n) is 18.6. The van der Waals surface area contributed by atoms with Gasteiger partial charge in [0, 0.05) is 5.69 Å². The Bertz CT molecular complexity index is 1220. The smallest absolute Gasteiger partial charge is 0.338 e. The zero-order chi connectivity index (χ0) is 24.5. The Hall–Kier alpha value is -4.10. The minimum absolute atomic E-state index is 0.0170. The number of nitrogens with one attached hydrogen (secondary N) is 2. The Morgan fingerprint density at radius 1 is 0.971 bits per heavy atom. The van der Waals surface area contributed by atoms with Crippen molar-refractivity contribution < 1.29 is 23.9 Å². The summed E-state index contributed by atoms with van der Waals surface area (Å²) in [7, 11) is 1.55. The molecule has 174 valence electrons. The van der Waals surface area contributed by atoms with Crippen LogP contribution < -0.4 is 15.4 Å². The van der Waals surface area contributed by atoms with E-state index in [1.165, 1.54) is 12.1 Å². The molecule has 0 spiro atoms. The van der Waals surface area contributed by atoms with Gasteiger partial charge in [0.25, 0.3) is 11.8 Å². The number of hydrogen-bond acceptors (Lipinski definition) is 5. The highest BCUT2D eigenvalue weighted by Crippen LogP contribution is 2.18. The van der Waals surface area contributed by atoms with Crippen molar-refractivity contribution in [2.24, 2.45) is 0 Å². The Kier molecular flexibility index (Phi) is 8.43. The van der Waals surface area contributed by atoms with E-state index in [-0.39, 0.29) is 22.9 Å². The van der Waals surface area contributed by atoms with Crippen molar-refractivity contribution in [2.75, 3.05) is 19.0 Å². The average Bonchev–Trinajstić information content (AvgIpc) is 2.84. The first kappa shape index (κ1) is 24.5. The minimum atomic E-state index is -0.586. The number of ether oxygens (including phenoxy) is 2. The maximum atomic E-state index is 13.1. The Morgan fingerprint density at radius 2 is 1.71 bits per heavy atom. The molecule has 8 heteroatoms. The SMILES string of the molecule is CCOC(=O)c1cccc(NC(=O)/C(=C\c2ccc(OC)cc2)NC(=O)c2ccccc2Cl)c1. The number of halogens is 1. The van der Waals surface area contributed by atoms with E-state index in [4.69, 9.17) is 21.1 Å². The lowest BCUT2D eigenvalue weighted by Gasteiger charge is -2.13. The van der Waals surface area contributed by atoms with E-state index in [9.17, 15) is 14.4 Å². The maximum absolute atomic E-state index is 13.1. The van der Waals surface area contributed by atoms with Crippen LogP contribution in [0.3, 0.4) is 0 Å². The van der Waals surface area contributed by atoms with Gasteiger partial charge in [-0.15, -0.1) is 0 Å². The molecule has 3 rings (SSSR count). The Labute approximate surface area is 202 Å². The van der Waals surface area contributed by atoms with E-state index < -0.39 is 17.8 Å². The maximum Gasteiger partial charge on any atom is 0.338 e. The van der Waals surface area contributed by atoms with Crippen LogP contribution in [0.1, 0.15) is 33.2 Å². The largest absolute Gasteiger partial charge is 0.497 e. The van der Waals surface area contributed by atoms with Gasteiger partial charge in [0.1, 0.15) is 11.4 Å². The molecule has 0 saturated heterocycles. The van der Waals surface area contributed by atoms with Crippen molar-refractivity contribution in [3.63, 3.8) is 0 Å². The molecule has 0 heterocycles. The van der Waals surface area contributed by atoms with Crippen LogP contribution in [0.15, 0.2) is 78.5 Å². The van der Waals surface area contributed by atoms with E-state index in [0.717, 1.165) is 0 Å². The van der Waals surface area contributed by atoms with Crippen LogP contribution in [0.5, 0.6) is 5.75 Å². The monoisotopic (exact) mass is 478 g/mol. The van der Waals surface area contributed by atoms with Crippen LogP contribution in [-0.4, -0.2) is 31.5 Å². The third-order valence-electron chi connectivity index (χ3n) is 4.67. The number of amides is 2. The fourth-order valence-electron chi connectivity index (χ4n) is 3.00. The summed E-state index contributed by atoms with van der Waals surface area (Å²) >= 11 is 6.14. The fraction of sp³-hybridized carbons (Fsp3) is 0.115. The average molecular weight is 479 g/mol. The van der Waals surface area contributed by atoms with Gasteiger partial charge in [-0.25, -0.2) is 4.79 Å². The summed E-state index contributed by atoms with van der Waals surface area (Å²) in [5.74, 6) is -0.975. The van der Waals surface area contributed by atoms with Gasteiger partial charge in [-0.1, -0.05) is 41.9 Å². The van der Waals surface area contributed by atoms with E-state index in [1.54, 1.807) is 80.8 Å². The summed E-state index contributed by atoms with van der Waals surface area (Å²) in [6.45, 7) is 1.94. The molecule has 0 fully saturated rings. The van der Waals surface area contributed by atoms with Gasteiger partial charge < -0.3 is 20.1 Å². The molecule has 0 radical (unpaired) electrons. The number of benzene rings is 3. The molecule has 0 bridgehead atoms. The number of hydrogen-bond donors (Lipinski definition) is 2. The molecular weight excluding hydrogens is 456 g/mol. The summed E-state index contributed by atoms with van der Waals surface area (Å²) < 4.78 is 10.2. The molecule has 34 heavy (non-hydrogen) atoms. The second-order valence-electron chi connectivity index (χ2n) is 7.02. The van der Waals surface area contributed by atoms with E-state index in [0.29, 0.717) is 22.6 Å². The summed E-state index contributed by atoms with van der Waals surface area (Å²) in [4.78, 5) is 38.0. The predicted molar refractivity (Wildman–Crippen MR) is 131 cm³/mol. The summed E-state index contributed by atoms with van der Waals surface area (Å²) in [6.07, 6.45) is 1.53. The Morgan fingerprint density at radius 3 is 2.38 bits per heavy atom. The highest BCUT2D eigenvalue weighted by Gasteiger charge is 2.17. The molecule has 0 aliphatic heterocycles. The van der Waals surface area contributed by atoms with Crippen molar-refractivity contribution in [3.8, 4) is 5.75 Å². The van der Waals surface area contributed by atoms with Crippen molar-refractivity contribution in [2.45, 2.75) is 6.92 Å². The minimum Gasteiger partial charge on any atom is -0.497 e. The van der Waals surface area contributed by atoms with Gasteiger partial charge in [-0.2, -0.15) is 0 Å². The molecule has 0 aliphatic carbocycles. The molecule has 0 saturated carbocycles. The third kappa shape index (κ3) is 6.46. The quantitative estimate of drug-likeness (QED) is 0.353. The van der Waals surface area contributed by atoms with E-state index in [1.807, 2.05) is 0 Å². The Balaban J connectivity index is 1.89. The lowest BCUT2D eigenvalue weighted by Crippen LogP contribution is -2.31. The number of carbonyl (C=O) groups is 3. The normalized spacial score (nSPS) is 10.9. The molecule has 0 unspecified atom stereocenters. The number of rotatable bonds is 8. The molecule has 0 aromatic heterocycles. The first-order valence-electron chi connectivity index (χ1n) is 10.4. The van der Waals surface area contributed by atoms with E-state index in [2.05, 4.69) is 10.6 Å². The number of methoxy groups -OCH3 is 1. The number of esters is 1. The predicted octanol–water partition coefficient (Wildman–Crippen LogP) is 4.93.